The van der Waals surface area contributed by atoms with Crippen LogP contribution in [0.15, 0.2) is 91.3 Å². The van der Waals surface area contributed by atoms with Gasteiger partial charge in [-0.1, -0.05) is 62.8 Å². The van der Waals surface area contributed by atoms with E-state index in [2.05, 4.69) is 44.5 Å². The number of hydrogen-bond donors (Lipinski definition) is 4. The molecule has 54 heavy (non-hydrogen) atoms. The molecule has 2 aromatic heterocycles. The molecule has 4 aromatic carbocycles. The molecular weight excluding hydrogens is 698 g/mol. The predicted octanol–water partition coefficient (Wildman–Crippen LogP) is 10.5. The molecule has 6 aromatic rings. The van der Waals surface area contributed by atoms with Gasteiger partial charge in [0, 0.05) is 46.4 Å². The van der Waals surface area contributed by atoms with Crippen LogP contribution >= 0.6 is 12.4 Å². The second-order valence-corrected chi connectivity index (χ2v) is 14.3. The molecule has 8 rings (SSSR count). The average Bonchev–Trinajstić information content (AvgIpc) is 3.53. The third-order valence-electron chi connectivity index (χ3n) is 10.7. The number of H-pyrrole nitrogens is 1. The van der Waals surface area contributed by atoms with Crippen molar-refractivity contribution >= 4 is 51.5 Å². The van der Waals surface area contributed by atoms with E-state index in [9.17, 15) is 9.90 Å². The Kier molecular flexibility index (Phi) is 13.1. The van der Waals surface area contributed by atoms with Crippen molar-refractivity contribution < 1.29 is 19.4 Å². The topological polar surface area (TPSA) is 135 Å². The number of ether oxygens (including phenoxy) is 2. The first-order chi connectivity index (χ1) is 26.0. The van der Waals surface area contributed by atoms with E-state index in [1.54, 1.807) is 25.3 Å². The first-order valence-electron chi connectivity index (χ1n) is 18.9. The zero-order valence-corrected chi connectivity index (χ0v) is 31.7. The molecule has 2 saturated carbocycles. The number of rotatable bonds is 9. The lowest BCUT2D eigenvalue weighted by Gasteiger charge is -2.22. The first kappa shape index (κ1) is 38.6. The number of anilines is 2. The van der Waals surface area contributed by atoms with E-state index in [4.69, 9.17) is 15.2 Å². The Balaban J connectivity index is 0.000000300. The number of nitrogens with one attached hydrogen (secondary N) is 2. The number of aromatic hydroxyl groups is 1. The van der Waals surface area contributed by atoms with Gasteiger partial charge in [-0.2, -0.15) is 0 Å². The van der Waals surface area contributed by atoms with E-state index in [0.29, 0.717) is 58.1 Å². The Hall–Kier alpha value is -5.12. The monoisotopic (exact) mass is 747 g/mol. The summed E-state index contributed by atoms with van der Waals surface area (Å²) < 4.78 is 10.8. The maximum Gasteiger partial charge on any atom is 0.255 e. The molecule has 0 saturated heterocycles. The summed E-state index contributed by atoms with van der Waals surface area (Å²) in [6.45, 7) is 0.913. The van der Waals surface area contributed by atoms with Gasteiger partial charge in [0.05, 0.1) is 23.4 Å². The van der Waals surface area contributed by atoms with Crippen molar-refractivity contribution in [3.63, 3.8) is 0 Å². The number of aromatic nitrogens is 3. The van der Waals surface area contributed by atoms with Crippen LogP contribution in [0, 0.1) is 0 Å². The summed E-state index contributed by atoms with van der Waals surface area (Å²) in [4.78, 5) is 25.1. The Morgan fingerprint density at radius 1 is 0.796 bits per heavy atom. The summed E-state index contributed by atoms with van der Waals surface area (Å²) in [5.74, 6) is 1.85. The summed E-state index contributed by atoms with van der Waals surface area (Å²) in [6, 6.07) is 27.5. The number of fused-ring (bicyclic) bond motifs is 2. The second kappa shape index (κ2) is 18.3. The van der Waals surface area contributed by atoms with Crippen LogP contribution in [0.5, 0.6) is 11.6 Å². The standard InChI is InChI=1S/C32H32N4O4.C12H17N.ClH/c1-39-15-16-40-24-12-13-25-28(18-24)33-19-34-30(25)29-26-17-22(9-14-27(26)36-32(29)38)31(37)35-23-10-7-21(8-11-23)20-5-3-2-4-6-20;13-12-8-6-11(7-9-12)10-4-2-1-3-5-10;/h7-14,17-20,36,38H,2-6,15-16H2,1H3,(H,35,37);6-10H,1-5,13H2;1H. The second-order valence-electron chi connectivity index (χ2n) is 14.3. The van der Waals surface area contributed by atoms with E-state index < -0.39 is 0 Å². The minimum absolute atomic E-state index is 0. The molecule has 0 radical (unpaired) electrons. The number of carbonyl (C=O) groups is 1. The van der Waals surface area contributed by atoms with Gasteiger partial charge in [0.2, 0.25) is 0 Å². The van der Waals surface area contributed by atoms with Crippen LogP contribution < -0.4 is 15.8 Å². The SMILES string of the molecule is COCCOc1ccc2c(-c3c(O)[nH]c4ccc(C(=O)Nc5ccc(C6CCCCC6)cc5)cc34)ncnc2c1.Cl.Nc1ccc(C2CCCCC2)cc1. The average molecular weight is 748 g/mol. The van der Waals surface area contributed by atoms with Crippen LogP contribution in [0.25, 0.3) is 33.1 Å². The van der Waals surface area contributed by atoms with Gasteiger partial charge in [0.15, 0.2) is 5.88 Å². The number of halogens is 1. The maximum atomic E-state index is 13.2. The molecule has 0 spiro atoms. The normalized spacial score (nSPS) is 14.9. The number of carbonyl (C=O) groups excluding carboxylic acids is 1. The number of methoxy groups -OCH3 is 1. The van der Waals surface area contributed by atoms with Gasteiger partial charge < -0.3 is 30.6 Å². The highest BCUT2D eigenvalue weighted by Crippen LogP contribution is 2.40. The van der Waals surface area contributed by atoms with Crippen LogP contribution in [0.3, 0.4) is 0 Å². The molecule has 2 fully saturated rings. The number of nitrogen functional groups attached to an aromatic ring is 1. The lowest BCUT2D eigenvalue weighted by molar-refractivity contribution is 0.102. The van der Waals surface area contributed by atoms with Gasteiger partial charge in [-0.05, 0) is 103 Å². The van der Waals surface area contributed by atoms with Crippen molar-refractivity contribution in [2.24, 2.45) is 0 Å². The molecule has 2 aliphatic carbocycles. The summed E-state index contributed by atoms with van der Waals surface area (Å²) in [6.07, 6.45) is 14.8. The maximum absolute atomic E-state index is 13.2. The number of benzene rings is 4. The van der Waals surface area contributed by atoms with E-state index in [-0.39, 0.29) is 24.2 Å². The summed E-state index contributed by atoms with van der Waals surface area (Å²) >= 11 is 0. The third kappa shape index (κ3) is 9.14. The Labute approximate surface area is 323 Å². The number of hydrogen-bond acceptors (Lipinski definition) is 7. The van der Waals surface area contributed by atoms with E-state index in [0.717, 1.165) is 22.7 Å². The molecule has 10 heteroatoms. The number of aromatic amines is 1. The zero-order chi connectivity index (χ0) is 36.6. The van der Waals surface area contributed by atoms with Gasteiger partial charge in [0.1, 0.15) is 18.7 Å². The van der Waals surface area contributed by atoms with Crippen molar-refractivity contribution in [1.29, 1.82) is 0 Å². The molecule has 282 valence electrons. The largest absolute Gasteiger partial charge is 0.494 e. The van der Waals surface area contributed by atoms with Gasteiger partial charge in [0.25, 0.3) is 5.91 Å². The Bertz CT molecular complexity index is 2140. The van der Waals surface area contributed by atoms with Crippen molar-refractivity contribution in [1.82, 2.24) is 15.0 Å². The van der Waals surface area contributed by atoms with Crippen LogP contribution in [-0.4, -0.2) is 46.3 Å². The smallest absolute Gasteiger partial charge is 0.255 e. The van der Waals surface area contributed by atoms with Crippen LogP contribution in [-0.2, 0) is 4.74 Å². The third-order valence-corrected chi connectivity index (χ3v) is 10.7. The quantitative estimate of drug-likeness (QED) is 0.0854. The van der Waals surface area contributed by atoms with Gasteiger partial charge in [-0.15, -0.1) is 12.4 Å². The van der Waals surface area contributed by atoms with E-state index >= 15 is 0 Å². The lowest BCUT2D eigenvalue weighted by Crippen LogP contribution is -2.12. The number of nitrogens with two attached hydrogens (primary N) is 1. The summed E-state index contributed by atoms with van der Waals surface area (Å²) in [5.41, 5.74) is 13.1. The minimum atomic E-state index is -0.218. The molecule has 5 N–H and O–H groups in total. The molecule has 0 aliphatic heterocycles. The molecule has 0 bridgehead atoms. The number of nitrogens with zero attached hydrogens (tertiary/aromatic N) is 2. The van der Waals surface area contributed by atoms with Crippen molar-refractivity contribution in [2.45, 2.75) is 76.0 Å². The van der Waals surface area contributed by atoms with E-state index in [1.165, 1.54) is 81.7 Å². The summed E-state index contributed by atoms with van der Waals surface area (Å²) in [7, 11) is 1.63. The molecular formula is C44H50ClN5O4. The van der Waals surface area contributed by atoms with Gasteiger partial charge in [-0.25, -0.2) is 9.97 Å². The highest BCUT2D eigenvalue weighted by Gasteiger charge is 2.20. The van der Waals surface area contributed by atoms with Crippen molar-refractivity contribution in [2.75, 3.05) is 31.4 Å². The van der Waals surface area contributed by atoms with Crippen molar-refractivity contribution in [3.05, 3.63) is 108 Å². The Morgan fingerprint density at radius 2 is 1.44 bits per heavy atom. The fourth-order valence-electron chi connectivity index (χ4n) is 7.81. The highest BCUT2D eigenvalue weighted by molar-refractivity contribution is 6.10. The molecule has 9 nitrogen and oxygen atoms in total. The first-order valence-corrected chi connectivity index (χ1v) is 18.9. The minimum Gasteiger partial charge on any atom is -0.494 e. The fourth-order valence-corrected chi connectivity index (χ4v) is 7.81. The fraction of sp³-hybridized carbons (Fsp3) is 0.341. The van der Waals surface area contributed by atoms with E-state index in [1.807, 2.05) is 42.5 Å². The lowest BCUT2D eigenvalue weighted by atomic mass is 9.84. The molecule has 2 aliphatic rings. The van der Waals surface area contributed by atoms with Gasteiger partial charge in [-0.3, -0.25) is 4.79 Å². The molecule has 1 amide bonds. The number of amides is 1. The van der Waals surface area contributed by atoms with Crippen LogP contribution in [0.2, 0.25) is 0 Å². The zero-order valence-electron chi connectivity index (χ0n) is 30.9. The van der Waals surface area contributed by atoms with Crippen LogP contribution in [0.4, 0.5) is 11.4 Å². The Morgan fingerprint density at radius 3 is 2.09 bits per heavy atom. The highest BCUT2D eigenvalue weighted by atomic mass is 35.5. The molecule has 0 atom stereocenters. The molecule has 0 unspecified atom stereocenters. The van der Waals surface area contributed by atoms with Crippen molar-refractivity contribution in [3.8, 4) is 22.9 Å². The predicted molar refractivity (Wildman–Crippen MR) is 220 cm³/mol. The van der Waals surface area contributed by atoms with Crippen LogP contribution in [0.1, 0.15) is 97.5 Å². The molecule has 2 heterocycles. The summed E-state index contributed by atoms with van der Waals surface area (Å²) in [5, 5.41) is 15.4. The van der Waals surface area contributed by atoms with Gasteiger partial charge >= 0.3 is 0 Å².